The van der Waals surface area contributed by atoms with E-state index in [9.17, 15) is 9.59 Å². The van der Waals surface area contributed by atoms with E-state index in [1.165, 1.54) is 0 Å². The molecule has 4 N–H and O–H groups in total. The molecule has 2 amide bonds. The van der Waals surface area contributed by atoms with Crippen molar-refractivity contribution >= 4 is 35.0 Å². The van der Waals surface area contributed by atoms with E-state index in [0.29, 0.717) is 23.0 Å². The van der Waals surface area contributed by atoms with Crippen LogP contribution in [0.1, 0.15) is 78.1 Å². The van der Waals surface area contributed by atoms with Gasteiger partial charge in [0.25, 0.3) is 0 Å². The predicted octanol–water partition coefficient (Wildman–Crippen LogP) is 8.24. The maximum atomic E-state index is 14.6. The molecule has 1 fully saturated rings. The van der Waals surface area contributed by atoms with Crippen molar-refractivity contribution in [2.75, 3.05) is 29.0 Å². The molecule has 1 unspecified atom stereocenters. The highest BCUT2D eigenvalue weighted by Gasteiger charge is 2.34. The summed E-state index contributed by atoms with van der Waals surface area (Å²) < 4.78 is 1.76. The van der Waals surface area contributed by atoms with E-state index in [-0.39, 0.29) is 17.1 Å². The Morgan fingerprint density at radius 2 is 1.54 bits per heavy atom. The lowest BCUT2D eigenvalue weighted by molar-refractivity contribution is 0.0916. The van der Waals surface area contributed by atoms with Crippen LogP contribution in [0.2, 0.25) is 0 Å². The van der Waals surface area contributed by atoms with Gasteiger partial charge in [-0.2, -0.15) is 5.10 Å². The summed E-state index contributed by atoms with van der Waals surface area (Å²) in [6.07, 6.45) is 1.69. The van der Waals surface area contributed by atoms with E-state index in [0.717, 1.165) is 65.5 Å². The molecule has 10 heteroatoms. The van der Waals surface area contributed by atoms with Crippen LogP contribution in [0.15, 0.2) is 84.9 Å². The zero-order chi connectivity index (χ0) is 35.4. The third kappa shape index (κ3) is 8.09. The van der Waals surface area contributed by atoms with Gasteiger partial charge in [-0.05, 0) is 94.6 Å². The third-order valence-corrected chi connectivity index (χ3v) is 9.07. The number of urea groups is 1. The largest absolute Gasteiger partial charge is 0.324 e. The summed E-state index contributed by atoms with van der Waals surface area (Å²) in [5, 5.41) is 17.7. The van der Waals surface area contributed by atoms with Crippen LogP contribution in [0.5, 0.6) is 0 Å². The topological polar surface area (TPSA) is 126 Å². The van der Waals surface area contributed by atoms with Crippen LogP contribution in [-0.4, -0.2) is 44.7 Å². The number of ketones is 1. The molecule has 1 aliphatic rings. The first kappa shape index (κ1) is 34.5. The molecule has 0 bridgehead atoms. The Labute approximate surface area is 294 Å². The van der Waals surface area contributed by atoms with Crippen LogP contribution in [0.25, 0.3) is 5.69 Å². The summed E-state index contributed by atoms with van der Waals surface area (Å²) in [7, 11) is 0. The number of nitrogens with one attached hydrogen (secondary N) is 4. The van der Waals surface area contributed by atoms with Gasteiger partial charge in [0, 0.05) is 39.8 Å². The van der Waals surface area contributed by atoms with Crippen LogP contribution in [-0.2, 0) is 5.41 Å². The fourth-order valence-electron chi connectivity index (χ4n) is 6.50. The number of carbonyl (C=O) groups is 2. The molecule has 3 aromatic carbocycles. The fourth-order valence-corrected chi connectivity index (χ4v) is 6.50. The molecule has 10 nitrogen and oxygen atoms in total. The number of carbonyl (C=O) groups excluding carboxylic acids is 2. The minimum absolute atomic E-state index is 0.00353. The zero-order valence-electron chi connectivity index (χ0n) is 29.7. The Hall–Kier alpha value is -5.35. The number of para-hydroxylation sites is 1. The number of amides is 2. The molecule has 3 heterocycles. The Morgan fingerprint density at radius 1 is 0.840 bits per heavy atom. The number of aromatic nitrogens is 4. The first-order chi connectivity index (χ1) is 23.9. The maximum Gasteiger partial charge on any atom is 0.324 e. The smallest absolute Gasteiger partial charge is 0.324 e. The summed E-state index contributed by atoms with van der Waals surface area (Å²) in [4.78, 5) is 37.4. The van der Waals surface area contributed by atoms with Crippen molar-refractivity contribution < 1.29 is 9.59 Å². The Morgan fingerprint density at radius 3 is 2.24 bits per heavy atom. The lowest BCUT2D eigenvalue weighted by Gasteiger charge is -2.31. The molecular formula is C40H46N8O2. The standard InChI is InChI=1S/C40H46N8O2/c1-25-14-16-31(17-15-25)48-35(24-34(47-48)40(4,5)6)46-39(50)45-33-13-8-7-12-32(33)36(28-18-20-41-21-19-28)37(49)29-10-9-11-30(23-29)44-38-42-26(2)22-27(3)43-38/h7-17,22-24,28,36,41H,18-21H2,1-6H3,(H,42,43,44)(H2,45,46,50). The van der Waals surface area contributed by atoms with Gasteiger partial charge in [0.2, 0.25) is 5.95 Å². The molecule has 0 saturated carbocycles. The zero-order valence-corrected chi connectivity index (χ0v) is 29.7. The van der Waals surface area contributed by atoms with E-state index < -0.39 is 11.9 Å². The first-order valence-corrected chi connectivity index (χ1v) is 17.2. The molecule has 5 aromatic rings. The Bertz CT molecular complexity index is 1970. The van der Waals surface area contributed by atoms with Crippen LogP contribution < -0.4 is 21.3 Å². The minimum atomic E-state index is -0.466. The normalized spacial score (nSPS) is 14.2. The van der Waals surface area contributed by atoms with Crippen molar-refractivity contribution in [1.82, 2.24) is 25.1 Å². The van der Waals surface area contributed by atoms with E-state index >= 15 is 0 Å². The van der Waals surface area contributed by atoms with Gasteiger partial charge in [0.15, 0.2) is 5.78 Å². The van der Waals surface area contributed by atoms with Gasteiger partial charge < -0.3 is 16.0 Å². The molecule has 2 aromatic heterocycles. The quantitative estimate of drug-likeness (QED) is 0.116. The number of nitrogens with zero attached hydrogens (tertiary/aromatic N) is 4. The number of anilines is 4. The third-order valence-electron chi connectivity index (χ3n) is 9.07. The predicted molar refractivity (Wildman–Crippen MR) is 200 cm³/mol. The lowest BCUT2D eigenvalue weighted by Crippen LogP contribution is -2.34. The Kier molecular flexibility index (Phi) is 10.1. The van der Waals surface area contributed by atoms with Crippen molar-refractivity contribution in [3.05, 3.63) is 119 Å². The number of piperidine rings is 1. The highest BCUT2D eigenvalue weighted by atomic mass is 16.2. The van der Waals surface area contributed by atoms with Gasteiger partial charge in [0.1, 0.15) is 5.82 Å². The van der Waals surface area contributed by atoms with E-state index in [1.807, 2.05) is 106 Å². The lowest BCUT2D eigenvalue weighted by atomic mass is 9.75. The second-order valence-corrected chi connectivity index (χ2v) is 14.2. The number of hydrogen-bond donors (Lipinski definition) is 4. The average Bonchev–Trinajstić information content (AvgIpc) is 3.50. The monoisotopic (exact) mass is 670 g/mol. The molecule has 50 heavy (non-hydrogen) atoms. The van der Waals surface area contributed by atoms with E-state index in [4.69, 9.17) is 5.10 Å². The maximum absolute atomic E-state index is 14.6. The summed E-state index contributed by atoms with van der Waals surface area (Å²) in [6, 6.07) is 26.6. The fraction of sp³-hybridized carbons (Fsp3) is 0.325. The second-order valence-electron chi connectivity index (χ2n) is 14.2. The molecule has 0 spiro atoms. The summed E-state index contributed by atoms with van der Waals surface area (Å²) in [6.45, 7) is 13.8. The Balaban J connectivity index is 1.29. The SMILES string of the molecule is Cc1ccc(-n2nc(C(C)(C)C)cc2NC(=O)Nc2ccccc2C(C(=O)c2cccc(Nc3nc(C)cc(C)n3)c2)C2CCNCC2)cc1. The van der Waals surface area contributed by atoms with Crippen LogP contribution in [0.3, 0.4) is 0 Å². The molecule has 0 aliphatic carbocycles. The van der Waals surface area contributed by atoms with Crippen molar-refractivity contribution in [2.24, 2.45) is 5.92 Å². The number of rotatable bonds is 9. The second kappa shape index (κ2) is 14.6. The first-order valence-electron chi connectivity index (χ1n) is 17.2. The van der Waals surface area contributed by atoms with Crippen molar-refractivity contribution in [2.45, 2.75) is 65.7 Å². The molecule has 1 atom stereocenters. The molecule has 6 rings (SSSR count). The van der Waals surface area contributed by atoms with Crippen molar-refractivity contribution in [3.63, 3.8) is 0 Å². The van der Waals surface area contributed by atoms with E-state index in [2.05, 4.69) is 52.0 Å². The number of benzene rings is 3. The van der Waals surface area contributed by atoms with Gasteiger partial charge in [-0.25, -0.2) is 19.4 Å². The highest BCUT2D eigenvalue weighted by Crippen LogP contribution is 2.38. The summed E-state index contributed by atoms with van der Waals surface area (Å²) in [5.74, 6) is 0.667. The van der Waals surface area contributed by atoms with Crippen LogP contribution in [0.4, 0.5) is 27.9 Å². The van der Waals surface area contributed by atoms with Gasteiger partial charge in [-0.15, -0.1) is 0 Å². The number of aryl methyl sites for hydroxylation is 3. The van der Waals surface area contributed by atoms with Gasteiger partial charge in [-0.1, -0.05) is 68.8 Å². The van der Waals surface area contributed by atoms with Gasteiger partial charge in [-0.3, -0.25) is 10.1 Å². The van der Waals surface area contributed by atoms with Gasteiger partial charge >= 0.3 is 6.03 Å². The highest BCUT2D eigenvalue weighted by molar-refractivity contribution is 6.05. The van der Waals surface area contributed by atoms with Gasteiger partial charge in [0.05, 0.1) is 17.3 Å². The molecule has 1 saturated heterocycles. The summed E-state index contributed by atoms with van der Waals surface area (Å²) in [5.41, 5.74) is 7.03. The summed E-state index contributed by atoms with van der Waals surface area (Å²) >= 11 is 0. The van der Waals surface area contributed by atoms with Crippen LogP contribution >= 0.6 is 0 Å². The average molecular weight is 671 g/mol. The van der Waals surface area contributed by atoms with E-state index in [1.54, 1.807) is 4.68 Å². The molecule has 0 radical (unpaired) electrons. The number of hydrogen-bond acceptors (Lipinski definition) is 7. The number of Topliss-reactive ketones (excluding diaryl/α,β-unsaturated/α-hetero) is 1. The molecule has 258 valence electrons. The molecule has 1 aliphatic heterocycles. The molecular weight excluding hydrogens is 624 g/mol. The van der Waals surface area contributed by atoms with Crippen molar-refractivity contribution in [3.8, 4) is 5.69 Å². The minimum Gasteiger partial charge on any atom is -0.324 e. The van der Waals surface area contributed by atoms with Crippen LogP contribution in [0, 0.1) is 26.7 Å². The van der Waals surface area contributed by atoms with Crippen molar-refractivity contribution in [1.29, 1.82) is 0 Å².